The van der Waals surface area contributed by atoms with Crippen LogP contribution in [0, 0.1) is 0 Å². The molecule has 7 heteroatoms. The molecule has 6 nitrogen and oxygen atoms in total. The number of anilines is 1. The SMILES string of the molecule is CC(C)(C)[Si](OCCOCCOCCOCCOc1ccccc1N)(c1ccccc1)c1ccccc1. The molecule has 0 aromatic heterocycles. The van der Waals surface area contributed by atoms with E-state index in [1.165, 1.54) is 10.4 Å². The smallest absolute Gasteiger partial charge is 0.261 e. The molecule has 0 spiro atoms. The van der Waals surface area contributed by atoms with Gasteiger partial charge >= 0.3 is 0 Å². The summed E-state index contributed by atoms with van der Waals surface area (Å²) in [5.74, 6) is 0.679. The van der Waals surface area contributed by atoms with Gasteiger partial charge in [-0.3, -0.25) is 0 Å². The average molecular weight is 524 g/mol. The van der Waals surface area contributed by atoms with Crippen LogP contribution in [0.15, 0.2) is 84.9 Å². The molecule has 0 fully saturated rings. The first-order chi connectivity index (χ1) is 17.9. The summed E-state index contributed by atoms with van der Waals surface area (Å²) < 4.78 is 29.4. The lowest BCUT2D eigenvalue weighted by molar-refractivity contribution is 0.00454. The van der Waals surface area contributed by atoms with Gasteiger partial charge in [0.1, 0.15) is 12.4 Å². The Morgan fingerprint density at radius 2 is 1.00 bits per heavy atom. The van der Waals surface area contributed by atoms with E-state index in [1.807, 2.05) is 24.3 Å². The highest BCUT2D eigenvalue weighted by atomic mass is 28.4. The van der Waals surface area contributed by atoms with Crippen molar-refractivity contribution in [2.45, 2.75) is 25.8 Å². The number of para-hydroxylation sites is 2. The van der Waals surface area contributed by atoms with Crippen LogP contribution in [-0.4, -0.2) is 61.2 Å². The van der Waals surface area contributed by atoms with Crippen molar-refractivity contribution in [1.29, 1.82) is 0 Å². The molecule has 0 radical (unpaired) electrons. The number of ether oxygens (including phenoxy) is 4. The fourth-order valence-corrected chi connectivity index (χ4v) is 8.92. The number of nitrogen functional groups attached to an aromatic ring is 1. The largest absolute Gasteiger partial charge is 0.489 e. The highest BCUT2D eigenvalue weighted by Gasteiger charge is 2.49. The first-order valence-corrected chi connectivity index (χ1v) is 14.8. The first kappa shape index (κ1) is 28.9. The molecule has 2 N–H and O–H groups in total. The molecule has 3 aromatic carbocycles. The number of nitrogens with two attached hydrogens (primary N) is 1. The van der Waals surface area contributed by atoms with Crippen LogP contribution in [0.2, 0.25) is 5.04 Å². The van der Waals surface area contributed by atoms with E-state index >= 15 is 0 Å². The fraction of sp³-hybridized carbons (Fsp3) is 0.400. The molecule has 0 aliphatic heterocycles. The van der Waals surface area contributed by atoms with E-state index < -0.39 is 8.32 Å². The monoisotopic (exact) mass is 523 g/mol. The number of benzene rings is 3. The van der Waals surface area contributed by atoms with Crippen LogP contribution >= 0.6 is 0 Å². The van der Waals surface area contributed by atoms with Gasteiger partial charge in [0, 0.05) is 0 Å². The van der Waals surface area contributed by atoms with Gasteiger partial charge in [-0.2, -0.15) is 0 Å². The van der Waals surface area contributed by atoms with Gasteiger partial charge in [0.2, 0.25) is 0 Å². The third-order valence-electron chi connectivity index (χ3n) is 6.11. The van der Waals surface area contributed by atoms with E-state index in [-0.39, 0.29) is 5.04 Å². The summed E-state index contributed by atoms with van der Waals surface area (Å²) in [7, 11) is -2.52. The Morgan fingerprint density at radius 1 is 0.568 bits per heavy atom. The summed E-state index contributed by atoms with van der Waals surface area (Å²) >= 11 is 0. The molecule has 3 rings (SSSR count). The predicted octanol–water partition coefficient (Wildman–Crippen LogP) is 4.27. The molecule has 3 aromatic rings. The minimum absolute atomic E-state index is 0.0441. The molecule has 0 saturated carbocycles. The summed E-state index contributed by atoms with van der Waals surface area (Å²) in [4.78, 5) is 0. The Bertz CT molecular complexity index is 987. The maximum absolute atomic E-state index is 6.82. The zero-order chi connectivity index (χ0) is 26.4. The zero-order valence-electron chi connectivity index (χ0n) is 22.4. The van der Waals surface area contributed by atoms with Crippen LogP contribution in [0.3, 0.4) is 0 Å². The third kappa shape index (κ3) is 8.41. The molecular weight excluding hydrogens is 482 g/mol. The summed E-state index contributed by atoms with van der Waals surface area (Å²) in [6, 6.07) is 28.7. The van der Waals surface area contributed by atoms with Gasteiger partial charge in [0.05, 0.1) is 51.9 Å². The molecular formula is C30H41NO5Si. The van der Waals surface area contributed by atoms with Gasteiger partial charge in [0.25, 0.3) is 8.32 Å². The highest BCUT2D eigenvalue weighted by Crippen LogP contribution is 2.36. The second-order valence-corrected chi connectivity index (χ2v) is 14.0. The van der Waals surface area contributed by atoms with Crippen molar-refractivity contribution >= 4 is 24.4 Å². The molecule has 0 aliphatic carbocycles. The predicted molar refractivity (Wildman–Crippen MR) is 152 cm³/mol. The average Bonchev–Trinajstić information content (AvgIpc) is 2.90. The van der Waals surface area contributed by atoms with Crippen LogP contribution in [0.25, 0.3) is 0 Å². The van der Waals surface area contributed by atoms with Crippen molar-refractivity contribution in [2.24, 2.45) is 0 Å². The number of hydrogen-bond donors (Lipinski definition) is 1. The standard InChI is InChI=1S/C30H41NO5Si/c1-30(2,3)37(26-12-6-4-7-13-26,27-14-8-5-9-15-27)36-25-23-34-21-19-32-18-20-33-22-24-35-29-17-11-10-16-28(29)31/h4-17H,18-25,31H2,1-3H3. The Kier molecular flexibility index (Phi) is 11.6. The highest BCUT2D eigenvalue weighted by molar-refractivity contribution is 6.99. The van der Waals surface area contributed by atoms with Crippen molar-refractivity contribution in [1.82, 2.24) is 0 Å². The first-order valence-electron chi connectivity index (χ1n) is 12.9. The van der Waals surface area contributed by atoms with Crippen molar-refractivity contribution < 1.29 is 23.4 Å². The molecule has 0 atom stereocenters. The van der Waals surface area contributed by atoms with Gasteiger partial charge in [-0.15, -0.1) is 0 Å². The quantitative estimate of drug-likeness (QED) is 0.172. The Morgan fingerprint density at radius 3 is 1.49 bits per heavy atom. The lowest BCUT2D eigenvalue weighted by Crippen LogP contribution is -2.66. The maximum atomic E-state index is 6.82. The van der Waals surface area contributed by atoms with Gasteiger partial charge in [-0.1, -0.05) is 93.6 Å². The zero-order valence-corrected chi connectivity index (χ0v) is 23.4. The lowest BCUT2D eigenvalue weighted by atomic mass is 10.2. The van der Waals surface area contributed by atoms with Crippen LogP contribution in [0.5, 0.6) is 5.75 Å². The van der Waals surface area contributed by atoms with Crippen molar-refractivity contribution in [3.8, 4) is 5.75 Å². The number of hydrogen-bond acceptors (Lipinski definition) is 6. The van der Waals surface area contributed by atoms with Gasteiger partial charge < -0.3 is 29.1 Å². The molecule has 0 bridgehead atoms. The van der Waals surface area contributed by atoms with E-state index in [2.05, 4.69) is 81.4 Å². The Balaban J connectivity index is 1.34. The van der Waals surface area contributed by atoms with E-state index in [0.717, 1.165) is 0 Å². The molecule has 0 unspecified atom stereocenters. The summed E-state index contributed by atoms with van der Waals surface area (Å²) in [5, 5.41) is 2.50. The topological polar surface area (TPSA) is 72.2 Å². The summed E-state index contributed by atoms with van der Waals surface area (Å²) in [6.07, 6.45) is 0. The molecule has 0 saturated heterocycles. The number of rotatable bonds is 16. The Labute approximate surface area is 222 Å². The van der Waals surface area contributed by atoms with Crippen molar-refractivity contribution in [3.63, 3.8) is 0 Å². The van der Waals surface area contributed by atoms with Crippen LogP contribution in [0.4, 0.5) is 5.69 Å². The second-order valence-electron chi connectivity index (χ2n) is 9.74. The minimum atomic E-state index is -2.52. The lowest BCUT2D eigenvalue weighted by Gasteiger charge is -2.43. The van der Waals surface area contributed by atoms with E-state index in [4.69, 9.17) is 29.1 Å². The minimum Gasteiger partial charge on any atom is -0.489 e. The molecule has 37 heavy (non-hydrogen) atoms. The molecule has 0 aliphatic rings. The van der Waals surface area contributed by atoms with E-state index in [9.17, 15) is 0 Å². The van der Waals surface area contributed by atoms with Crippen LogP contribution in [-0.2, 0) is 18.6 Å². The van der Waals surface area contributed by atoms with Gasteiger partial charge in [-0.25, -0.2) is 0 Å². The van der Waals surface area contributed by atoms with E-state index in [0.29, 0.717) is 64.3 Å². The van der Waals surface area contributed by atoms with Crippen molar-refractivity contribution in [3.05, 3.63) is 84.9 Å². The van der Waals surface area contributed by atoms with E-state index in [1.54, 1.807) is 0 Å². The summed E-state index contributed by atoms with van der Waals surface area (Å²) in [6.45, 7) is 10.8. The summed E-state index contributed by atoms with van der Waals surface area (Å²) in [5.41, 5.74) is 6.48. The normalized spacial score (nSPS) is 12.0. The van der Waals surface area contributed by atoms with Gasteiger partial charge in [-0.05, 0) is 27.5 Å². The van der Waals surface area contributed by atoms with Crippen LogP contribution < -0.4 is 20.8 Å². The molecule has 0 heterocycles. The molecule has 200 valence electrons. The fourth-order valence-electron chi connectivity index (χ4n) is 4.38. The van der Waals surface area contributed by atoms with Crippen LogP contribution in [0.1, 0.15) is 20.8 Å². The maximum Gasteiger partial charge on any atom is 0.261 e. The van der Waals surface area contributed by atoms with Crippen molar-refractivity contribution in [2.75, 3.05) is 58.6 Å². The second kappa shape index (κ2) is 14.9. The molecule has 0 amide bonds. The Hall–Kier alpha value is -2.68. The third-order valence-corrected chi connectivity index (χ3v) is 11.2. The van der Waals surface area contributed by atoms with Gasteiger partial charge in [0.15, 0.2) is 0 Å².